The fourth-order valence-electron chi connectivity index (χ4n) is 3.27. The number of hydrogen-bond donors (Lipinski definition) is 2. The SMILES string of the molecule is NC1CC2CCC(C1)N2CC(=O)Nc1ncccn1. The lowest BCUT2D eigenvalue weighted by atomic mass is 9.98. The molecule has 3 heterocycles. The van der Waals surface area contributed by atoms with Crippen LogP contribution in [-0.4, -0.2) is 45.4 Å². The average molecular weight is 261 g/mol. The van der Waals surface area contributed by atoms with E-state index in [1.54, 1.807) is 18.5 Å². The normalized spacial score (nSPS) is 30.3. The molecule has 2 fully saturated rings. The molecule has 2 bridgehead atoms. The Morgan fingerprint density at radius 3 is 2.58 bits per heavy atom. The van der Waals surface area contributed by atoms with Crippen molar-refractivity contribution in [3.05, 3.63) is 18.5 Å². The fraction of sp³-hybridized carbons (Fsp3) is 0.615. The minimum absolute atomic E-state index is 0.0430. The molecule has 2 saturated heterocycles. The molecule has 0 saturated carbocycles. The molecule has 2 unspecified atom stereocenters. The molecule has 3 N–H and O–H groups in total. The summed E-state index contributed by atoms with van der Waals surface area (Å²) in [6.07, 6.45) is 7.57. The predicted molar refractivity (Wildman–Crippen MR) is 71.4 cm³/mol. The van der Waals surface area contributed by atoms with Crippen molar-refractivity contribution in [2.24, 2.45) is 5.73 Å². The predicted octanol–water partition coefficient (Wildman–Crippen LogP) is 0.369. The summed E-state index contributed by atoms with van der Waals surface area (Å²) in [5.74, 6) is 0.326. The minimum Gasteiger partial charge on any atom is -0.328 e. The molecular weight excluding hydrogens is 242 g/mol. The summed E-state index contributed by atoms with van der Waals surface area (Å²) in [5, 5.41) is 2.74. The number of piperidine rings is 1. The Bertz CT molecular complexity index is 438. The topological polar surface area (TPSA) is 84.1 Å². The van der Waals surface area contributed by atoms with E-state index in [4.69, 9.17) is 5.73 Å². The van der Waals surface area contributed by atoms with Gasteiger partial charge in [0.1, 0.15) is 0 Å². The number of nitrogens with one attached hydrogen (secondary N) is 1. The fourth-order valence-corrected chi connectivity index (χ4v) is 3.27. The minimum atomic E-state index is -0.0430. The summed E-state index contributed by atoms with van der Waals surface area (Å²) in [4.78, 5) is 22.3. The van der Waals surface area contributed by atoms with Crippen molar-refractivity contribution in [2.45, 2.75) is 43.8 Å². The van der Waals surface area contributed by atoms with E-state index >= 15 is 0 Å². The molecular formula is C13H19N5O. The molecule has 1 aromatic rings. The van der Waals surface area contributed by atoms with E-state index in [1.807, 2.05) is 0 Å². The van der Waals surface area contributed by atoms with Crippen LogP contribution in [0.5, 0.6) is 0 Å². The number of carbonyl (C=O) groups is 1. The monoisotopic (exact) mass is 261 g/mol. The van der Waals surface area contributed by atoms with Crippen LogP contribution in [0.1, 0.15) is 25.7 Å². The largest absolute Gasteiger partial charge is 0.328 e. The van der Waals surface area contributed by atoms with Gasteiger partial charge in [-0.25, -0.2) is 9.97 Å². The van der Waals surface area contributed by atoms with Crippen molar-refractivity contribution in [3.63, 3.8) is 0 Å². The van der Waals surface area contributed by atoms with E-state index in [9.17, 15) is 4.79 Å². The maximum Gasteiger partial charge on any atom is 0.240 e. The summed E-state index contributed by atoms with van der Waals surface area (Å²) >= 11 is 0. The Labute approximate surface area is 112 Å². The zero-order valence-electron chi connectivity index (χ0n) is 10.8. The number of aromatic nitrogens is 2. The molecule has 102 valence electrons. The first-order chi connectivity index (χ1) is 9.22. The Kier molecular flexibility index (Phi) is 3.44. The van der Waals surface area contributed by atoms with E-state index in [0.717, 1.165) is 25.7 Å². The van der Waals surface area contributed by atoms with Crippen LogP contribution in [-0.2, 0) is 4.79 Å². The first kappa shape index (κ1) is 12.5. The van der Waals surface area contributed by atoms with Crippen LogP contribution in [0.2, 0.25) is 0 Å². The molecule has 6 nitrogen and oxygen atoms in total. The van der Waals surface area contributed by atoms with E-state index in [-0.39, 0.29) is 5.91 Å². The van der Waals surface area contributed by atoms with Crippen molar-refractivity contribution >= 4 is 11.9 Å². The molecule has 0 aromatic carbocycles. The number of hydrogen-bond acceptors (Lipinski definition) is 5. The summed E-state index contributed by atoms with van der Waals surface area (Å²) in [6, 6.07) is 2.96. The summed E-state index contributed by atoms with van der Waals surface area (Å²) in [6.45, 7) is 0.417. The highest BCUT2D eigenvalue weighted by Crippen LogP contribution is 2.34. The molecule has 2 atom stereocenters. The molecule has 3 rings (SSSR count). The number of nitrogens with zero attached hydrogens (tertiary/aromatic N) is 3. The molecule has 1 aromatic heterocycles. The van der Waals surface area contributed by atoms with Crippen molar-refractivity contribution in [1.29, 1.82) is 0 Å². The van der Waals surface area contributed by atoms with Crippen molar-refractivity contribution in [1.82, 2.24) is 14.9 Å². The maximum absolute atomic E-state index is 12.0. The molecule has 19 heavy (non-hydrogen) atoms. The third-order valence-corrected chi connectivity index (χ3v) is 4.06. The standard InChI is InChI=1S/C13H19N5O/c14-9-6-10-2-3-11(7-9)18(10)8-12(19)17-13-15-4-1-5-16-13/h1,4-5,9-11H,2-3,6-8,14H2,(H,15,16,17,19). The average Bonchev–Trinajstić information content (AvgIpc) is 2.63. The van der Waals surface area contributed by atoms with E-state index in [2.05, 4.69) is 20.2 Å². The number of fused-ring (bicyclic) bond motifs is 2. The number of nitrogens with two attached hydrogens (primary N) is 1. The van der Waals surface area contributed by atoms with Gasteiger partial charge in [-0.15, -0.1) is 0 Å². The lowest BCUT2D eigenvalue weighted by Gasteiger charge is -2.37. The van der Waals surface area contributed by atoms with Gasteiger partial charge in [-0.2, -0.15) is 0 Å². The number of anilines is 1. The van der Waals surface area contributed by atoms with Crippen LogP contribution in [0.3, 0.4) is 0 Å². The second-order valence-electron chi connectivity index (χ2n) is 5.41. The quantitative estimate of drug-likeness (QED) is 0.821. The van der Waals surface area contributed by atoms with E-state index in [1.165, 1.54) is 0 Å². The molecule has 1 amide bonds. The molecule has 0 spiro atoms. The van der Waals surface area contributed by atoms with Gasteiger partial charge in [0.25, 0.3) is 0 Å². The van der Waals surface area contributed by atoms with Crippen molar-refractivity contribution in [2.75, 3.05) is 11.9 Å². The number of amides is 1. The third-order valence-electron chi connectivity index (χ3n) is 4.06. The van der Waals surface area contributed by atoms with Crippen LogP contribution < -0.4 is 11.1 Å². The Morgan fingerprint density at radius 1 is 1.32 bits per heavy atom. The van der Waals surface area contributed by atoms with Crippen LogP contribution in [0.15, 0.2) is 18.5 Å². The first-order valence-corrected chi connectivity index (χ1v) is 6.80. The van der Waals surface area contributed by atoms with Gasteiger partial charge in [0.15, 0.2) is 0 Å². The summed E-state index contributed by atoms with van der Waals surface area (Å²) in [7, 11) is 0. The van der Waals surface area contributed by atoms with Crippen LogP contribution >= 0.6 is 0 Å². The van der Waals surface area contributed by atoms with E-state index in [0.29, 0.717) is 30.6 Å². The van der Waals surface area contributed by atoms with Crippen LogP contribution in [0.4, 0.5) is 5.95 Å². The molecule has 2 aliphatic rings. The van der Waals surface area contributed by atoms with Gasteiger partial charge >= 0.3 is 0 Å². The highest BCUT2D eigenvalue weighted by atomic mass is 16.2. The van der Waals surface area contributed by atoms with Crippen LogP contribution in [0.25, 0.3) is 0 Å². The lowest BCUT2D eigenvalue weighted by Crippen LogP contribution is -2.50. The second kappa shape index (κ2) is 5.22. The van der Waals surface area contributed by atoms with Crippen LogP contribution in [0, 0.1) is 0 Å². The second-order valence-corrected chi connectivity index (χ2v) is 5.41. The number of carbonyl (C=O) groups excluding carboxylic acids is 1. The van der Waals surface area contributed by atoms with Gasteiger partial charge < -0.3 is 5.73 Å². The lowest BCUT2D eigenvalue weighted by molar-refractivity contribution is -0.118. The van der Waals surface area contributed by atoms with Gasteiger partial charge in [0, 0.05) is 30.5 Å². The molecule has 2 aliphatic heterocycles. The third kappa shape index (κ3) is 2.74. The van der Waals surface area contributed by atoms with Crippen molar-refractivity contribution < 1.29 is 4.79 Å². The molecule has 0 aliphatic carbocycles. The Balaban J connectivity index is 1.58. The van der Waals surface area contributed by atoms with E-state index < -0.39 is 0 Å². The Hall–Kier alpha value is -1.53. The van der Waals surface area contributed by atoms with Gasteiger partial charge in [0.2, 0.25) is 11.9 Å². The maximum atomic E-state index is 12.0. The Morgan fingerprint density at radius 2 is 1.95 bits per heavy atom. The van der Waals surface area contributed by atoms with Crippen molar-refractivity contribution in [3.8, 4) is 0 Å². The van der Waals surface area contributed by atoms with Gasteiger partial charge in [-0.3, -0.25) is 15.0 Å². The molecule has 6 heteroatoms. The highest BCUT2D eigenvalue weighted by Gasteiger charge is 2.40. The number of rotatable bonds is 3. The van der Waals surface area contributed by atoms with Gasteiger partial charge in [-0.1, -0.05) is 0 Å². The zero-order chi connectivity index (χ0) is 13.2. The van der Waals surface area contributed by atoms with Gasteiger partial charge in [-0.05, 0) is 31.7 Å². The summed E-state index contributed by atoms with van der Waals surface area (Å²) < 4.78 is 0. The molecule has 0 radical (unpaired) electrons. The van der Waals surface area contributed by atoms with Gasteiger partial charge in [0.05, 0.1) is 6.54 Å². The first-order valence-electron chi connectivity index (χ1n) is 6.80. The zero-order valence-corrected chi connectivity index (χ0v) is 10.8. The smallest absolute Gasteiger partial charge is 0.240 e. The summed E-state index contributed by atoms with van der Waals surface area (Å²) in [5.41, 5.74) is 6.02. The highest BCUT2D eigenvalue weighted by molar-refractivity contribution is 5.90.